The standard InChI is InChI=1S/C15H31NOS/c1-6-13-8-9-14(16-7-2)15(10-13)18(17)12(5)11(3)4/h11-16H,6-10H2,1-5H3. The summed E-state index contributed by atoms with van der Waals surface area (Å²) < 4.78 is 12.8. The fourth-order valence-corrected chi connectivity index (χ4v) is 4.98. The van der Waals surface area contributed by atoms with E-state index >= 15 is 0 Å². The molecule has 0 saturated heterocycles. The molecule has 0 aromatic carbocycles. The van der Waals surface area contributed by atoms with Gasteiger partial charge in [-0.25, -0.2) is 0 Å². The van der Waals surface area contributed by atoms with Crippen LogP contribution in [0.3, 0.4) is 0 Å². The maximum atomic E-state index is 12.8. The second-order valence-corrected chi connectivity index (χ2v) is 8.07. The van der Waals surface area contributed by atoms with E-state index in [4.69, 9.17) is 0 Å². The highest BCUT2D eigenvalue weighted by Crippen LogP contribution is 2.32. The predicted molar refractivity (Wildman–Crippen MR) is 81.3 cm³/mol. The average Bonchev–Trinajstić information content (AvgIpc) is 2.37. The second kappa shape index (κ2) is 7.64. The molecule has 0 radical (unpaired) electrons. The summed E-state index contributed by atoms with van der Waals surface area (Å²) >= 11 is 0. The zero-order chi connectivity index (χ0) is 13.7. The Kier molecular flexibility index (Phi) is 6.86. The Balaban J connectivity index is 2.73. The van der Waals surface area contributed by atoms with Gasteiger partial charge < -0.3 is 5.32 Å². The zero-order valence-corrected chi connectivity index (χ0v) is 13.6. The van der Waals surface area contributed by atoms with Crippen LogP contribution in [0.2, 0.25) is 0 Å². The molecule has 1 saturated carbocycles. The van der Waals surface area contributed by atoms with Gasteiger partial charge >= 0.3 is 0 Å². The first-order valence-electron chi connectivity index (χ1n) is 7.63. The van der Waals surface area contributed by atoms with Gasteiger partial charge in [0.1, 0.15) is 0 Å². The molecule has 0 bridgehead atoms. The topological polar surface area (TPSA) is 29.1 Å². The molecule has 0 amide bonds. The molecule has 0 heterocycles. The summed E-state index contributed by atoms with van der Waals surface area (Å²) in [7, 11) is -0.698. The molecule has 3 heteroatoms. The van der Waals surface area contributed by atoms with Crippen LogP contribution in [0.15, 0.2) is 0 Å². The molecule has 1 aliphatic rings. The van der Waals surface area contributed by atoms with Gasteiger partial charge in [-0.3, -0.25) is 4.21 Å². The van der Waals surface area contributed by atoms with E-state index in [1.807, 2.05) is 0 Å². The minimum absolute atomic E-state index is 0.312. The number of hydrogen-bond acceptors (Lipinski definition) is 2. The van der Waals surface area contributed by atoms with Gasteiger partial charge in [-0.1, -0.05) is 41.0 Å². The maximum Gasteiger partial charge on any atom is 0.0506 e. The van der Waals surface area contributed by atoms with Crippen LogP contribution in [0.4, 0.5) is 0 Å². The lowest BCUT2D eigenvalue weighted by Crippen LogP contribution is -2.48. The van der Waals surface area contributed by atoms with Crippen molar-refractivity contribution in [2.75, 3.05) is 6.54 Å². The summed E-state index contributed by atoms with van der Waals surface area (Å²) in [5, 5.41) is 4.23. The van der Waals surface area contributed by atoms with Crippen molar-refractivity contribution in [2.45, 2.75) is 76.8 Å². The van der Waals surface area contributed by atoms with Crippen molar-refractivity contribution < 1.29 is 4.21 Å². The van der Waals surface area contributed by atoms with Crippen molar-refractivity contribution in [3.05, 3.63) is 0 Å². The summed E-state index contributed by atoms with van der Waals surface area (Å²) in [5.41, 5.74) is 0. The van der Waals surface area contributed by atoms with Gasteiger partial charge in [0.2, 0.25) is 0 Å². The van der Waals surface area contributed by atoms with Crippen LogP contribution < -0.4 is 5.32 Å². The Bertz CT molecular complexity index is 267. The summed E-state index contributed by atoms with van der Waals surface area (Å²) in [5.74, 6) is 1.29. The van der Waals surface area contributed by atoms with Crippen molar-refractivity contribution in [3.63, 3.8) is 0 Å². The molecule has 2 nitrogen and oxygen atoms in total. The van der Waals surface area contributed by atoms with E-state index in [2.05, 4.69) is 39.9 Å². The molecule has 0 spiro atoms. The molecular weight excluding hydrogens is 242 g/mol. The van der Waals surface area contributed by atoms with E-state index in [9.17, 15) is 4.21 Å². The average molecular weight is 273 g/mol. The maximum absolute atomic E-state index is 12.8. The Morgan fingerprint density at radius 3 is 2.39 bits per heavy atom. The van der Waals surface area contributed by atoms with Crippen molar-refractivity contribution in [2.24, 2.45) is 11.8 Å². The van der Waals surface area contributed by atoms with Gasteiger partial charge in [-0.2, -0.15) is 0 Å². The van der Waals surface area contributed by atoms with Gasteiger partial charge in [0, 0.05) is 22.1 Å². The van der Waals surface area contributed by atoms with Crippen LogP contribution in [-0.4, -0.2) is 27.3 Å². The molecule has 5 atom stereocenters. The first-order valence-corrected chi connectivity index (χ1v) is 8.91. The van der Waals surface area contributed by atoms with Crippen LogP contribution in [0.25, 0.3) is 0 Å². The van der Waals surface area contributed by atoms with Crippen molar-refractivity contribution in [3.8, 4) is 0 Å². The summed E-state index contributed by atoms with van der Waals surface area (Å²) in [6.07, 6.45) is 4.89. The van der Waals surface area contributed by atoms with E-state index in [0.29, 0.717) is 22.5 Å². The fourth-order valence-electron chi connectivity index (χ4n) is 2.88. The van der Waals surface area contributed by atoms with Crippen LogP contribution in [-0.2, 0) is 10.8 Å². The lowest BCUT2D eigenvalue weighted by molar-refractivity contribution is 0.293. The van der Waals surface area contributed by atoms with Gasteiger partial charge in [0.15, 0.2) is 0 Å². The third kappa shape index (κ3) is 4.06. The van der Waals surface area contributed by atoms with Crippen molar-refractivity contribution >= 4 is 10.8 Å². The van der Waals surface area contributed by atoms with Crippen LogP contribution >= 0.6 is 0 Å². The highest BCUT2D eigenvalue weighted by atomic mass is 32.2. The monoisotopic (exact) mass is 273 g/mol. The van der Waals surface area contributed by atoms with E-state index in [-0.39, 0.29) is 0 Å². The highest BCUT2D eigenvalue weighted by molar-refractivity contribution is 7.86. The first kappa shape index (κ1) is 16.2. The molecule has 18 heavy (non-hydrogen) atoms. The van der Waals surface area contributed by atoms with Crippen LogP contribution in [0.5, 0.6) is 0 Å². The molecule has 1 N–H and O–H groups in total. The van der Waals surface area contributed by atoms with Crippen molar-refractivity contribution in [1.29, 1.82) is 0 Å². The third-order valence-electron chi connectivity index (χ3n) is 4.55. The van der Waals surface area contributed by atoms with Gasteiger partial charge in [-0.05, 0) is 37.6 Å². The van der Waals surface area contributed by atoms with Crippen LogP contribution in [0.1, 0.15) is 60.3 Å². The summed E-state index contributed by atoms with van der Waals surface area (Å²) in [6.45, 7) is 11.9. The molecule has 0 aromatic rings. The zero-order valence-electron chi connectivity index (χ0n) is 12.7. The number of rotatable bonds is 6. The van der Waals surface area contributed by atoms with E-state index in [1.165, 1.54) is 19.3 Å². The Labute approximate surface area is 116 Å². The smallest absolute Gasteiger partial charge is 0.0506 e. The molecule has 1 rings (SSSR count). The Hall–Kier alpha value is 0.110. The number of nitrogens with one attached hydrogen (secondary N) is 1. The lowest BCUT2D eigenvalue weighted by Gasteiger charge is -2.37. The predicted octanol–water partition coefficient (Wildman–Crippen LogP) is 3.34. The van der Waals surface area contributed by atoms with Crippen molar-refractivity contribution in [1.82, 2.24) is 5.32 Å². The Morgan fingerprint density at radius 2 is 1.89 bits per heavy atom. The SMILES string of the molecule is CCNC1CCC(CC)CC1S(=O)C(C)C(C)C. The minimum Gasteiger partial charge on any atom is -0.313 e. The largest absolute Gasteiger partial charge is 0.313 e. The normalized spacial score (nSPS) is 32.4. The Morgan fingerprint density at radius 1 is 1.22 bits per heavy atom. The fraction of sp³-hybridized carbons (Fsp3) is 1.00. The quantitative estimate of drug-likeness (QED) is 0.804. The molecular formula is C15H31NOS. The molecule has 0 aliphatic heterocycles. The van der Waals surface area contributed by atoms with E-state index in [1.54, 1.807) is 0 Å². The molecule has 1 fully saturated rings. The second-order valence-electron chi connectivity index (χ2n) is 6.07. The van der Waals surface area contributed by atoms with Crippen LogP contribution in [0, 0.1) is 11.8 Å². The van der Waals surface area contributed by atoms with E-state index < -0.39 is 10.8 Å². The molecule has 0 aromatic heterocycles. The summed E-state index contributed by atoms with van der Waals surface area (Å²) in [4.78, 5) is 0. The molecule has 5 unspecified atom stereocenters. The highest BCUT2D eigenvalue weighted by Gasteiger charge is 2.35. The summed E-state index contributed by atoms with van der Waals surface area (Å²) in [6, 6.07) is 0.472. The first-order chi connectivity index (χ1) is 8.51. The third-order valence-corrected chi connectivity index (χ3v) is 6.94. The van der Waals surface area contributed by atoms with Gasteiger partial charge in [-0.15, -0.1) is 0 Å². The van der Waals surface area contributed by atoms with Gasteiger partial charge in [0.25, 0.3) is 0 Å². The van der Waals surface area contributed by atoms with E-state index in [0.717, 1.165) is 18.9 Å². The minimum atomic E-state index is -0.698. The lowest BCUT2D eigenvalue weighted by atomic mass is 9.84. The molecule has 1 aliphatic carbocycles. The molecule has 108 valence electrons. The number of hydrogen-bond donors (Lipinski definition) is 1. The van der Waals surface area contributed by atoms with Gasteiger partial charge in [0.05, 0.1) is 5.25 Å².